The Balaban J connectivity index is 1.63. The molecule has 4 aliphatic rings. The van der Waals surface area contributed by atoms with Crippen LogP contribution in [0.4, 0.5) is 0 Å². The molecule has 4 heteroatoms. The molecular formula is C17H27NO3. The number of carbonyl (C=O) groups excluding carboxylic acids is 1. The first-order valence-corrected chi connectivity index (χ1v) is 8.39. The smallest absolute Gasteiger partial charge is 0.326 e. The molecule has 0 aliphatic heterocycles. The SMILES string of the molecule is CC(C)[C@H](NC(=O)CC12CC3CC(CC(C3)C1)C2)C(=O)O. The van der Waals surface area contributed by atoms with Gasteiger partial charge in [-0.3, -0.25) is 4.79 Å². The molecule has 4 nitrogen and oxygen atoms in total. The number of amides is 1. The van der Waals surface area contributed by atoms with E-state index in [9.17, 15) is 14.7 Å². The van der Waals surface area contributed by atoms with Crippen LogP contribution in [-0.4, -0.2) is 23.0 Å². The van der Waals surface area contributed by atoms with Crippen molar-refractivity contribution >= 4 is 11.9 Å². The molecule has 2 N–H and O–H groups in total. The summed E-state index contributed by atoms with van der Waals surface area (Å²) in [6.07, 6.45) is 8.19. The fourth-order valence-electron chi connectivity index (χ4n) is 5.59. The molecule has 0 saturated heterocycles. The van der Waals surface area contributed by atoms with Gasteiger partial charge in [0.2, 0.25) is 5.91 Å². The van der Waals surface area contributed by atoms with E-state index in [1.807, 2.05) is 13.8 Å². The van der Waals surface area contributed by atoms with Gasteiger partial charge >= 0.3 is 5.97 Å². The molecule has 0 aromatic carbocycles. The second-order valence-electron chi connectivity index (χ2n) is 8.22. The fraction of sp³-hybridized carbons (Fsp3) is 0.882. The minimum absolute atomic E-state index is 0.0574. The topological polar surface area (TPSA) is 66.4 Å². The first-order chi connectivity index (χ1) is 9.87. The Labute approximate surface area is 126 Å². The van der Waals surface area contributed by atoms with Gasteiger partial charge in [-0.1, -0.05) is 13.8 Å². The van der Waals surface area contributed by atoms with Gasteiger partial charge in [0, 0.05) is 6.42 Å². The largest absolute Gasteiger partial charge is 0.480 e. The Kier molecular flexibility index (Phi) is 3.74. The minimum atomic E-state index is -0.927. The quantitative estimate of drug-likeness (QED) is 0.819. The van der Waals surface area contributed by atoms with E-state index < -0.39 is 12.0 Å². The molecule has 0 unspecified atom stereocenters. The van der Waals surface area contributed by atoms with Crippen molar-refractivity contribution in [2.75, 3.05) is 0 Å². The van der Waals surface area contributed by atoms with Crippen LogP contribution in [0.2, 0.25) is 0 Å². The molecule has 118 valence electrons. The molecule has 1 atom stereocenters. The summed E-state index contributed by atoms with van der Waals surface area (Å²) in [7, 11) is 0. The van der Waals surface area contributed by atoms with Gasteiger partial charge in [0.1, 0.15) is 6.04 Å². The van der Waals surface area contributed by atoms with E-state index in [-0.39, 0.29) is 17.2 Å². The summed E-state index contributed by atoms with van der Waals surface area (Å²) in [6, 6.07) is -0.758. The Morgan fingerprint density at radius 1 is 1.10 bits per heavy atom. The maximum Gasteiger partial charge on any atom is 0.326 e. The number of carboxylic acid groups (broad SMARTS) is 1. The van der Waals surface area contributed by atoms with Crippen LogP contribution in [0.3, 0.4) is 0 Å². The van der Waals surface area contributed by atoms with Crippen molar-refractivity contribution in [3.63, 3.8) is 0 Å². The zero-order valence-corrected chi connectivity index (χ0v) is 13.1. The molecule has 0 spiro atoms. The van der Waals surface area contributed by atoms with Crippen LogP contribution < -0.4 is 5.32 Å². The van der Waals surface area contributed by atoms with Crippen LogP contribution in [0.25, 0.3) is 0 Å². The molecule has 4 saturated carbocycles. The number of hydrogen-bond acceptors (Lipinski definition) is 2. The highest BCUT2D eigenvalue weighted by Crippen LogP contribution is 2.61. The molecule has 1 amide bonds. The average Bonchev–Trinajstić information content (AvgIpc) is 2.32. The molecule has 0 heterocycles. The van der Waals surface area contributed by atoms with Gasteiger partial charge in [-0.25, -0.2) is 4.79 Å². The first-order valence-electron chi connectivity index (χ1n) is 8.39. The number of nitrogens with one attached hydrogen (secondary N) is 1. The van der Waals surface area contributed by atoms with Crippen molar-refractivity contribution in [2.45, 2.75) is 64.8 Å². The normalized spacial score (nSPS) is 38.5. The van der Waals surface area contributed by atoms with E-state index >= 15 is 0 Å². The van der Waals surface area contributed by atoms with Crippen LogP contribution in [0.1, 0.15) is 58.8 Å². The van der Waals surface area contributed by atoms with Crippen LogP contribution in [0.15, 0.2) is 0 Å². The summed E-state index contributed by atoms with van der Waals surface area (Å²) in [5, 5.41) is 12.0. The van der Waals surface area contributed by atoms with Crippen molar-refractivity contribution in [1.82, 2.24) is 5.32 Å². The van der Waals surface area contributed by atoms with E-state index in [0.717, 1.165) is 17.8 Å². The summed E-state index contributed by atoms with van der Waals surface area (Å²) in [5.41, 5.74) is 0.179. The average molecular weight is 293 g/mol. The van der Waals surface area contributed by atoms with Crippen molar-refractivity contribution in [3.8, 4) is 0 Å². The van der Waals surface area contributed by atoms with Gasteiger partial charge < -0.3 is 10.4 Å². The minimum Gasteiger partial charge on any atom is -0.480 e. The lowest BCUT2D eigenvalue weighted by molar-refractivity contribution is -0.144. The maximum absolute atomic E-state index is 12.4. The van der Waals surface area contributed by atoms with Gasteiger partial charge in [-0.2, -0.15) is 0 Å². The number of carbonyl (C=O) groups is 2. The lowest BCUT2D eigenvalue weighted by Gasteiger charge is -2.56. The zero-order chi connectivity index (χ0) is 15.2. The highest BCUT2D eigenvalue weighted by molar-refractivity contribution is 5.84. The number of hydrogen-bond donors (Lipinski definition) is 2. The lowest BCUT2D eigenvalue weighted by atomic mass is 9.49. The molecule has 4 bridgehead atoms. The molecule has 4 rings (SSSR count). The third-order valence-corrected chi connectivity index (χ3v) is 5.95. The van der Waals surface area contributed by atoms with Gasteiger partial charge in [-0.15, -0.1) is 0 Å². The predicted octanol–water partition coefficient (Wildman–Crippen LogP) is 2.82. The lowest BCUT2D eigenvalue weighted by Crippen LogP contribution is -2.50. The number of carboxylic acids is 1. The Morgan fingerprint density at radius 3 is 1.95 bits per heavy atom. The summed E-state index contributed by atoms with van der Waals surface area (Å²) < 4.78 is 0. The zero-order valence-electron chi connectivity index (χ0n) is 13.1. The molecule has 0 aromatic rings. The highest BCUT2D eigenvalue weighted by atomic mass is 16.4. The predicted molar refractivity (Wildman–Crippen MR) is 79.6 cm³/mol. The molecule has 4 aliphatic carbocycles. The number of rotatable bonds is 5. The van der Waals surface area contributed by atoms with E-state index in [0.29, 0.717) is 6.42 Å². The summed E-state index contributed by atoms with van der Waals surface area (Å²) in [5.74, 6) is 1.41. The highest BCUT2D eigenvalue weighted by Gasteiger charge is 2.51. The molecule has 21 heavy (non-hydrogen) atoms. The molecule has 0 aromatic heterocycles. The standard InChI is InChI=1S/C17H27NO3/c1-10(2)15(16(20)21)18-14(19)9-17-6-11-3-12(7-17)5-13(4-11)8-17/h10-13,15H,3-9H2,1-2H3,(H,18,19)(H,20,21)/t11?,12?,13?,15-,17?/m0/s1. The Bertz CT molecular complexity index is 408. The van der Waals surface area contributed by atoms with E-state index in [1.54, 1.807) is 0 Å². The van der Waals surface area contributed by atoms with Gasteiger partial charge in [-0.05, 0) is 67.6 Å². The summed E-state index contributed by atoms with van der Waals surface area (Å²) in [4.78, 5) is 23.6. The summed E-state index contributed by atoms with van der Waals surface area (Å²) in [6.45, 7) is 3.67. The molecular weight excluding hydrogens is 266 g/mol. The Morgan fingerprint density at radius 2 is 1.57 bits per heavy atom. The summed E-state index contributed by atoms with van der Waals surface area (Å²) >= 11 is 0. The monoisotopic (exact) mass is 293 g/mol. The van der Waals surface area contributed by atoms with Crippen LogP contribution in [-0.2, 0) is 9.59 Å². The van der Waals surface area contributed by atoms with Crippen molar-refractivity contribution in [2.24, 2.45) is 29.1 Å². The third kappa shape index (κ3) is 2.95. The van der Waals surface area contributed by atoms with Crippen molar-refractivity contribution in [1.29, 1.82) is 0 Å². The van der Waals surface area contributed by atoms with Crippen LogP contribution >= 0.6 is 0 Å². The van der Waals surface area contributed by atoms with Gasteiger partial charge in [0.25, 0.3) is 0 Å². The molecule has 0 radical (unpaired) electrons. The fourth-order valence-corrected chi connectivity index (χ4v) is 5.59. The first kappa shape index (κ1) is 14.9. The van der Waals surface area contributed by atoms with Gasteiger partial charge in [0.15, 0.2) is 0 Å². The Hall–Kier alpha value is -1.06. The van der Waals surface area contributed by atoms with Crippen molar-refractivity contribution < 1.29 is 14.7 Å². The second kappa shape index (κ2) is 5.29. The third-order valence-electron chi connectivity index (χ3n) is 5.95. The van der Waals surface area contributed by atoms with E-state index in [1.165, 1.54) is 38.5 Å². The van der Waals surface area contributed by atoms with Crippen LogP contribution in [0.5, 0.6) is 0 Å². The maximum atomic E-state index is 12.4. The van der Waals surface area contributed by atoms with Crippen molar-refractivity contribution in [3.05, 3.63) is 0 Å². The van der Waals surface area contributed by atoms with Gasteiger partial charge in [0.05, 0.1) is 0 Å². The van der Waals surface area contributed by atoms with Crippen LogP contribution in [0, 0.1) is 29.1 Å². The number of aliphatic carboxylic acids is 1. The van der Waals surface area contributed by atoms with E-state index in [2.05, 4.69) is 5.32 Å². The van der Waals surface area contributed by atoms with E-state index in [4.69, 9.17) is 0 Å². The molecule has 4 fully saturated rings. The second-order valence-corrected chi connectivity index (χ2v) is 8.22.